The molecular formula is C19H25N5O. The predicted octanol–water partition coefficient (Wildman–Crippen LogP) is 2.72. The van der Waals surface area contributed by atoms with E-state index in [1.54, 1.807) is 11.9 Å². The lowest BCUT2D eigenvalue weighted by Crippen LogP contribution is -2.39. The molecule has 0 saturated heterocycles. The Kier molecular flexibility index (Phi) is 6.18. The summed E-state index contributed by atoms with van der Waals surface area (Å²) in [5.41, 5.74) is 4.15. The molecule has 2 rings (SSSR count). The second-order valence-electron chi connectivity index (χ2n) is 6.32. The monoisotopic (exact) mass is 339 g/mol. The Bertz CT molecular complexity index is 774. The fourth-order valence-corrected chi connectivity index (χ4v) is 2.74. The normalized spacial score (nSPS) is 11.6. The minimum Gasteiger partial charge on any atom is -0.374 e. The van der Waals surface area contributed by atoms with Crippen LogP contribution in [0, 0.1) is 25.2 Å². The van der Waals surface area contributed by atoms with Gasteiger partial charge in [-0.15, -0.1) is 0 Å². The van der Waals surface area contributed by atoms with Crippen LogP contribution in [0.15, 0.2) is 30.3 Å². The zero-order valence-corrected chi connectivity index (χ0v) is 15.3. The summed E-state index contributed by atoms with van der Waals surface area (Å²) in [5.74, 6) is -0.0285. The third kappa shape index (κ3) is 5.08. The van der Waals surface area contributed by atoms with Crippen molar-refractivity contribution in [1.82, 2.24) is 14.7 Å². The van der Waals surface area contributed by atoms with Crippen molar-refractivity contribution < 1.29 is 4.79 Å². The lowest BCUT2D eigenvalue weighted by molar-refractivity contribution is -0.130. The first-order chi connectivity index (χ1) is 11.9. The van der Waals surface area contributed by atoms with Crippen molar-refractivity contribution in [2.45, 2.75) is 39.8 Å². The number of nitrogens with zero attached hydrogens (tertiary/aromatic N) is 4. The second kappa shape index (κ2) is 8.34. The third-order valence-electron chi connectivity index (χ3n) is 4.05. The van der Waals surface area contributed by atoms with Crippen molar-refractivity contribution in [3.63, 3.8) is 0 Å². The summed E-state index contributed by atoms with van der Waals surface area (Å²) in [6, 6.07) is 11.8. The molecule has 1 heterocycles. The molecule has 1 N–H and O–H groups in total. The molecular weight excluding hydrogens is 314 g/mol. The van der Waals surface area contributed by atoms with E-state index in [9.17, 15) is 4.79 Å². The van der Waals surface area contributed by atoms with Crippen molar-refractivity contribution in [1.29, 1.82) is 5.26 Å². The molecule has 0 spiro atoms. The molecule has 0 unspecified atom stereocenters. The summed E-state index contributed by atoms with van der Waals surface area (Å²) in [4.78, 5) is 13.9. The number of carbonyl (C=O) groups is 1. The van der Waals surface area contributed by atoms with Gasteiger partial charge in [0.25, 0.3) is 0 Å². The van der Waals surface area contributed by atoms with E-state index >= 15 is 0 Å². The van der Waals surface area contributed by atoms with Crippen LogP contribution in [0.25, 0.3) is 0 Å². The standard InChI is InChI=1S/C19H25N5O/c1-14-11-15(2)24(22-14)13-17-7-5-8-18(12-17)21-16(3)19(25)23(4)10-6-9-20/h5,7-8,11-12,16,21H,6,10,13H2,1-4H3/t16-/m0/s1. The van der Waals surface area contributed by atoms with Crippen molar-refractivity contribution >= 4 is 11.6 Å². The number of likely N-dealkylation sites (N-methyl/N-ethyl adjacent to an activating group) is 1. The zero-order valence-electron chi connectivity index (χ0n) is 15.3. The van der Waals surface area contributed by atoms with Gasteiger partial charge in [-0.3, -0.25) is 9.48 Å². The number of amides is 1. The number of hydrogen-bond acceptors (Lipinski definition) is 4. The van der Waals surface area contributed by atoms with Crippen molar-refractivity contribution in [3.05, 3.63) is 47.3 Å². The summed E-state index contributed by atoms with van der Waals surface area (Å²) in [6.45, 7) is 7.00. The average molecular weight is 339 g/mol. The molecule has 1 aromatic heterocycles. The van der Waals surface area contributed by atoms with Crippen molar-refractivity contribution in [2.75, 3.05) is 18.9 Å². The van der Waals surface area contributed by atoms with E-state index in [-0.39, 0.29) is 11.9 Å². The number of aromatic nitrogens is 2. The molecule has 1 atom stereocenters. The van der Waals surface area contributed by atoms with E-state index in [2.05, 4.69) is 22.6 Å². The molecule has 0 fully saturated rings. The summed E-state index contributed by atoms with van der Waals surface area (Å²) in [7, 11) is 1.72. The molecule has 2 aromatic rings. The number of benzene rings is 1. The van der Waals surface area contributed by atoms with E-state index in [4.69, 9.17) is 5.26 Å². The Hall–Kier alpha value is -2.81. The molecule has 0 aliphatic rings. The molecule has 0 saturated carbocycles. The molecule has 0 aliphatic heterocycles. The Balaban J connectivity index is 2.02. The first-order valence-corrected chi connectivity index (χ1v) is 8.39. The van der Waals surface area contributed by atoms with Gasteiger partial charge >= 0.3 is 0 Å². The number of aryl methyl sites for hydroxylation is 2. The third-order valence-corrected chi connectivity index (χ3v) is 4.05. The number of nitriles is 1. The van der Waals surface area contributed by atoms with Gasteiger partial charge in [0.2, 0.25) is 5.91 Å². The maximum atomic E-state index is 12.3. The van der Waals surface area contributed by atoms with E-state index in [0.717, 1.165) is 22.6 Å². The Labute approximate surface area is 149 Å². The number of hydrogen-bond donors (Lipinski definition) is 1. The lowest BCUT2D eigenvalue weighted by Gasteiger charge is -2.22. The van der Waals surface area contributed by atoms with Gasteiger partial charge in [0.05, 0.1) is 24.7 Å². The maximum absolute atomic E-state index is 12.3. The lowest BCUT2D eigenvalue weighted by atomic mass is 10.1. The molecule has 25 heavy (non-hydrogen) atoms. The molecule has 6 heteroatoms. The number of nitrogens with one attached hydrogen (secondary N) is 1. The van der Waals surface area contributed by atoms with E-state index in [0.29, 0.717) is 19.5 Å². The summed E-state index contributed by atoms with van der Waals surface area (Å²) >= 11 is 0. The molecule has 0 radical (unpaired) electrons. The molecule has 0 bridgehead atoms. The van der Waals surface area contributed by atoms with Crippen LogP contribution in [0.5, 0.6) is 0 Å². The van der Waals surface area contributed by atoms with Gasteiger partial charge in [0, 0.05) is 25.0 Å². The van der Waals surface area contributed by atoms with E-state index in [1.165, 1.54) is 0 Å². The summed E-state index contributed by atoms with van der Waals surface area (Å²) < 4.78 is 1.97. The van der Waals surface area contributed by atoms with Gasteiger partial charge < -0.3 is 10.2 Å². The van der Waals surface area contributed by atoms with Crippen molar-refractivity contribution in [3.8, 4) is 6.07 Å². The van der Waals surface area contributed by atoms with E-state index < -0.39 is 0 Å². The largest absolute Gasteiger partial charge is 0.374 e. The molecule has 6 nitrogen and oxygen atoms in total. The Morgan fingerprint density at radius 3 is 2.80 bits per heavy atom. The predicted molar refractivity (Wildman–Crippen MR) is 98.2 cm³/mol. The van der Waals surface area contributed by atoms with Crippen molar-refractivity contribution in [2.24, 2.45) is 0 Å². The number of carbonyl (C=O) groups excluding carboxylic acids is 1. The molecule has 0 aliphatic carbocycles. The minimum atomic E-state index is -0.354. The second-order valence-corrected chi connectivity index (χ2v) is 6.32. The van der Waals surface area contributed by atoms with Crippen LogP contribution in [0.1, 0.15) is 30.3 Å². The first kappa shape index (κ1) is 18.5. The van der Waals surface area contributed by atoms with Gasteiger partial charge in [-0.2, -0.15) is 10.4 Å². The molecule has 1 amide bonds. The van der Waals surface area contributed by atoms with Crippen LogP contribution in [0.3, 0.4) is 0 Å². The van der Waals surface area contributed by atoms with Crippen LogP contribution >= 0.6 is 0 Å². The topological polar surface area (TPSA) is 74.0 Å². The quantitative estimate of drug-likeness (QED) is 0.842. The zero-order chi connectivity index (χ0) is 18.4. The highest BCUT2D eigenvalue weighted by molar-refractivity contribution is 5.84. The van der Waals surface area contributed by atoms with Gasteiger partial charge in [-0.1, -0.05) is 12.1 Å². The van der Waals surface area contributed by atoms with E-state index in [1.807, 2.05) is 49.7 Å². The maximum Gasteiger partial charge on any atom is 0.244 e. The van der Waals surface area contributed by atoms with Gasteiger partial charge in [-0.05, 0) is 44.5 Å². The number of rotatable bonds is 7. The van der Waals surface area contributed by atoms with Crippen LogP contribution in [0.2, 0.25) is 0 Å². The summed E-state index contributed by atoms with van der Waals surface area (Å²) in [5, 5.41) is 16.4. The fraction of sp³-hybridized carbons (Fsp3) is 0.421. The average Bonchev–Trinajstić information content (AvgIpc) is 2.89. The highest BCUT2D eigenvalue weighted by atomic mass is 16.2. The highest BCUT2D eigenvalue weighted by Crippen LogP contribution is 2.15. The number of anilines is 1. The Morgan fingerprint density at radius 2 is 2.16 bits per heavy atom. The smallest absolute Gasteiger partial charge is 0.244 e. The summed E-state index contributed by atoms with van der Waals surface area (Å²) in [6.07, 6.45) is 0.340. The van der Waals surface area contributed by atoms with Gasteiger partial charge in [-0.25, -0.2) is 0 Å². The van der Waals surface area contributed by atoms with Gasteiger partial charge in [0.15, 0.2) is 0 Å². The minimum absolute atomic E-state index is 0.0285. The van der Waals surface area contributed by atoms with Crippen LogP contribution in [-0.2, 0) is 11.3 Å². The van der Waals surface area contributed by atoms with Crippen LogP contribution < -0.4 is 5.32 Å². The molecule has 1 aromatic carbocycles. The Morgan fingerprint density at radius 1 is 1.40 bits per heavy atom. The first-order valence-electron chi connectivity index (χ1n) is 8.39. The van der Waals surface area contributed by atoms with Crippen LogP contribution in [-0.4, -0.2) is 40.2 Å². The van der Waals surface area contributed by atoms with Crippen LogP contribution in [0.4, 0.5) is 5.69 Å². The SMILES string of the molecule is Cc1cc(C)n(Cc2cccc(N[C@@H](C)C(=O)N(C)CCC#N)c2)n1. The highest BCUT2D eigenvalue weighted by Gasteiger charge is 2.17. The fourth-order valence-electron chi connectivity index (χ4n) is 2.74. The van der Waals surface area contributed by atoms with Gasteiger partial charge in [0.1, 0.15) is 6.04 Å². The molecule has 132 valence electrons.